The van der Waals surface area contributed by atoms with Crippen molar-refractivity contribution in [2.45, 2.75) is 6.54 Å². The second-order valence-corrected chi connectivity index (χ2v) is 7.08. The number of amides is 2. The van der Waals surface area contributed by atoms with Gasteiger partial charge in [-0.25, -0.2) is 0 Å². The summed E-state index contributed by atoms with van der Waals surface area (Å²) >= 11 is 0. The highest BCUT2D eigenvalue weighted by Crippen LogP contribution is 2.12. The minimum Gasteiger partial charge on any atom is -0.338 e. The Morgan fingerprint density at radius 2 is 1.53 bits per heavy atom. The summed E-state index contributed by atoms with van der Waals surface area (Å²) in [5, 5.41) is 15.2. The highest BCUT2D eigenvalue weighted by molar-refractivity contribution is 5.92. The van der Waals surface area contributed by atoms with Crippen molar-refractivity contribution in [1.29, 1.82) is 0 Å². The van der Waals surface area contributed by atoms with Crippen LogP contribution in [0.2, 0.25) is 0 Å². The van der Waals surface area contributed by atoms with E-state index in [9.17, 15) is 9.59 Å². The molecule has 4 rings (SSSR count). The number of rotatable bonds is 6. The molecule has 9 nitrogen and oxygen atoms in total. The molecule has 0 atom stereocenters. The van der Waals surface area contributed by atoms with E-state index in [0.717, 1.165) is 11.3 Å². The zero-order valence-corrected chi connectivity index (χ0v) is 16.5. The number of para-hydroxylation sites is 1. The molecule has 0 aliphatic carbocycles. The van der Waals surface area contributed by atoms with E-state index in [0.29, 0.717) is 38.5 Å². The average Bonchev–Trinajstić information content (AvgIpc) is 3.24. The fourth-order valence-electron chi connectivity index (χ4n) is 3.31. The Hall–Kier alpha value is -3.59. The maximum Gasteiger partial charge on any atom is 0.246 e. The number of anilines is 1. The molecule has 2 aromatic carbocycles. The molecule has 0 radical (unpaired) electrons. The molecule has 0 spiro atoms. The molecule has 30 heavy (non-hydrogen) atoms. The highest BCUT2D eigenvalue weighted by Gasteiger charge is 2.23. The van der Waals surface area contributed by atoms with Crippen molar-refractivity contribution in [2.75, 3.05) is 38.0 Å². The lowest BCUT2D eigenvalue weighted by molar-refractivity contribution is -0.134. The van der Waals surface area contributed by atoms with Crippen molar-refractivity contribution >= 4 is 17.5 Å². The largest absolute Gasteiger partial charge is 0.338 e. The molecule has 1 aliphatic heterocycles. The first-order chi connectivity index (χ1) is 14.7. The van der Waals surface area contributed by atoms with Crippen molar-refractivity contribution in [1.82, 2.24) is 30.0 Å². The molecule has 1 aliphatic rings. The van der Waals surface area contributed by atoms with Gasteiger partial charge in [0.25, 0.3) is 0 Å². The van der Waals surface area contributed by atoms with Crippen molar-refractivity contribution in [3.05, 3.63) is 60.7 Å². The third kappa shape index (κ3) is 5.06. The summed E-state index contributed by atoms with van der Waals surface area (Å²) in [6.07, 6.45) is 0. The molecule has 1 fully saturated rings. The van der Waals surface area contributed by atoms with E-state index < -0.39 is 0 Å². The molecule has 1 saturated heterocycles. The van der Waals surface area contributed by atoms with Gasteiger partial charge in [0.05, 0.1) is 6.54 Å². The lowest BCUT2D eigenvalue weighted by Crippen LogP contribution is -2.51. The van der Waals surface area contributed by atoms with Gasteiger partial charge in [-0.2, -0.15) is 4.80 Å². The Balaban J connectivity index is 1.24. The zero-order chi connectivity index (χ0) is 20.8. The first-order valence-corrected chi connectivity index (χ1v) is 9.85. The summed E-state index contributed by atoms with van der Waals surface area (Å²) in [5.41, 5.74) is 1.64. The predicted molar refractivity (Wildman–Crippen MR) is 111 cm³/mol. The van der Waals surface area contributed by atoms with E-state index in [-0.39, 0.29) is 18.4 Å². The van der Waals surface area contributed by atoms with Crippen molar-refractivity contribution in [2.24, 2.45) is 0 Å². The molecule has 2 amide bonds. The molecule has 0 unspecified atom stereocenters. The van der Waals surface area contributed by atoms with Crippen molar-refractivity contribution in [3.8, 4) is 11.4 Å². The first-order valence-electron chi connectivity index (χ1n) is 9.85. The normalized spacial score (nSPS) is 14.5. The van der Waals surface area contributed by atoms with Gasteiger partial charge in [-0.3, -0.25) is 14.5 Å². The predicted octanol–water partition coefficient (Wildman–Crippen LogP) is 1.12. The van der Waals surface area contributed by atoms with Gasteiger partial charge < -0.3 is 10.2 Å². The van der Waals surface area contributed by atoms with E-state index in [4.69, 9.17) is 0 Å². The minimum absolute atomic E-state index is 0.0499. The van der Waals surface area contributed by atoms with E-state index in [1.54, 1.807) is 4.90 Å². The van der Waals surface area contributed by atoms with Crippen LogP contribution in [0.5, 0.6) is 0 Å². The summed E-state index contributed by atoms with van der Waals surface area (Å²) in [6.45, 7) is 2.79. The molecule has 1 aromatic heterocycles. The summed E-state index contributed by atoms with van der Waals surface area (Å²) in [4.78, 5) is 29.9. The third-order valence-electron chi connectivity index (χ3n) is 4.91. The minimum atomic E-state index is -0.0552. The van der Waals surface area contributed by atoms with Crippen LogP contribution in [0, 0.1) is 0 Å². The maximum absolute atomic E-state index is 12.6. The maximum atomic E-state index is 12.6. The van der Waals surface area contributed by atoms with Crippen LogP contribution in [0.15, 0.2) is 60.7 Å². The number of nitrogens with one attached hydrogen (secondary N) is 1. The lowest BCUT2D eigenvalue weighted by atomic mass is 10.2. The van der Waals surface area contributed by atoms with Gasteiger partial charge in [-0.15, -0.1) is 10.2 Å². The van der Waals surface area contributed by atoms with Gasteiger partial charge in [-0.05, 0) is 17.3 Å². The fourth-order valence-corrected chi connectivity index (χ4v) is 3.31. The lowest BCUT2D eigenvalue weighted by Gasteiger charge is -2.34. The molecule has 9 heteroatoms. The Morgan fingerprint density at radius 3 is 2.23 bits per heavy atom. The monoisotopic (exact) mass is 405 g/mol. The Kier molecular flexibility index (Phi) is 6.09. The highest BCUT2D eigenvalue weighted by atomic mass is 16.2. The van der Waals surface area contributed by atoms with Crippen LogP contribution in [0.1, 0.15) is 0 Å². The molecule has 2 heterocycles. The molecule has 154 valence electrons. The Morgan fingerprint density at radius 1 is 0.867 bits per heavy atom. The number of benzene rings is 2. The standard InChI is InChI=1S/C21H23N7O2/c29-19(22-18-9-5-2-6-10-18)15-26-11-13-27(14-12-26)20(30)16-28-24-21(23-25-28)17-7-3-1-4-8-17/h1-10H,11-16H2,(H,22,29). The number of carbonyl (C=O) groups excluding carboxylic acids is 2. The van der Waals surface area contributed by atoms with Gasteiger partial charge >= 0.3 is 0 Å². The van der Waals surface area contributed by atoms with Crippen molar-refractivity contribution in [3.63, 3.8) is 0 Å². The van der Waals surface area contributed by atoms with Gasteiger partial charge in [0.15, 0.2) is 0 Å². The topological polar surface area (TPSA) is 96.3 Å². The van der Waals surface area contributed by atoms with Crippen LogP contribution >= 0.6 is 0 Å². The summed E-state index contributed by atoms with van der Waals surface area (Å²) in [7, 11) is 0. The smallest absolute Gasteiger partial charge is 0.246 e. The summed E-state index contributed by atoms with van der Waals surface area (Å²) in [6, 6.07) is 18.9. The van der Waals surface area contributed by atoms with Gasteiger partial charge in [0.2, 0.25) is 17.6 Å². The molecular formula is C21H23N7O2. The number of piperazine rings is 1. The Bertz CT molecular complexity index is 983. The quantitative estimate of drug-likeness (QED) is 0.660. The fraction of sp³-hybridized carbons (Fsp3) is 0.286. The van der Waals surface area contributed by atoms with Gasteiger partial charge in [0.1, 0.15) is 6.54 Å². The van der Waals surface area contributed by atoms with Crippen molar-refractivity contribution < 1.29 is 9.59 Å². The number of hydrogen-bond acceptors (Lipinski definition) is 6. The van der Waals surface area contributed by atoms with Gasteiger partial charge in [-0.1, -0.05) is 48.5 Å². The van der Waals surface area contributed by atoms with E-state index in [1.807, 2.05) is 65.6 Å². The first kappa shape index (κ1) is 19.7. The second kappa shape index (κ2) is 9.27. The van der Waals surface area contributed by atoms with Crippen LogP contribution < -0.4 is 5.32 Å². The number of tetrazole rings is 1. The third-order valence-corrected chi connectivity index (χ3v) is 4.91. The second-order valence-electron chi connectivity index (χ2n) is 7.08. The number of carbonyl (C=O) groups is 2. The molecule has 3 aromatic rings. The summed E-state index contributed by atoms with van der Waals surface area (Å²) < 4.78 is 0. The number of nitrogens with zero attached hydrogens (tertiary/aromatic N) is 6. The van der Waals surface area contributed by atoms with E-state index >= 15 is 0 Å². The molecule has 0 bridgehead atoms. The van der Waals surface area contributed by atoms with Crippen LogP contribution in [-0.2, 0) is 16.1 Å². The molecular weight excluding hydrogens is 382 g/mol. The van der Waals surface area contributed by atoms with Crippen LogP contribution in [-0.4, -0.2) is 74.5 Å². The summed E-state index contributed by atoms with van der Waals surface area (Å²) in [5.74, 6) is 0.388. The van der Waals surface area contributed by atoms with Crippen LogP contribution in [0.25, 0.3) is 11.4 Å². The SMILES string of the molecule is O=C(CN1CCN(C(=O)Cn2nnc(-c3ccccc3)n2)CC1)Nc1ccccc1. The molecule has 0 saturated carbocycles. The average molecular weight is 405 g/mol. The number of hydrogen-bond donors (Lipinski definition) is 1. The number of aromatic nitrogens is 4. The van der Waals surface area contributed by atoms with Gasteiger partial charge in [0, 0.05) is 37.4 Å². The van der Waals surface area contributed by atoms with Crippen LogP contribution in [0.3, 0.4) is 0 Å². The van der Waals surface area contributed by atoms with Crippen LogP contribution in [0.4, 0.5) is 5.69 Å². The van der Waals surface area contributed by atoms with E-state index in [1.165, 1.54) is 4.80 Å². The van der Waals surface area contributed by atoms with E-state index in [2.05, 4.69) is 20.7 Å². The zero-order valence-electron chi connectivity index (χ0n) is 16.5. The molecule has 1 N–H and O–H groups in total. The Labute approximate surface area is 174 Å².